The number of amides is 2. The molecular formula is C20H21FN2O3. The Balaban J connectivity index is 1.84. The molecule has 0 bridgehead atoms. The normalized spacial score (nSPS) is 16.2. The molecular weight excluding hydrogens is 335 g/mol. The van der Waals surface area contributed by atoms with E-state index in [2.05, 4.69) is 5.32 Å². The van der Waals surface area contributed by atoms with Crippen molar-refractivity contribution in [1.29, 1.82) is 0 Å². The summed E-state index contributed by atoms with van der Waals surface area (Å²) >= 11 is 0. The number of likely N-dealkylation sites (tertiary alicyclic amines) is 1. The quantitative estimate of drug-likeness (QED) is 0.864. The van der Waals surface area contributed by atoms with Gasteiger partial charge in [-0.05, 0) is 42.7 Å². The number of aliphatic hydroxyl groups is 1. The third kappa shape index (κ3) is 4.08. The van der Waals surface area contributed by atoms with E-state index in [0.29, 0.717) is 24.2 Å². The van der Waals surface area contributed by atoms with Gasteiger partial charge in [0.15, 0.2) is 0 Å². The fraction of sp³-hybridized carbons (Fsp3) is 0.300. The Morgan fingerprint density at radius 3 is 2.23 bits per heavy atom. The Hall–Kier alpha value is -2.73. The molecule has 1 aliphatic heterocycles. The number of aliphatic hydroxyl groups excluding tert-OH is 1. The van der Waals surface area contributed by atoms with E-state index in [1.54, 1.807) is 35.2 Å². The standard InChI is InChI=1S/C20H21FN2O3/c21-16-10-8-14(9-11-16)18(24)17(20(26)23-12-4-5-13-23)22-19(25)15-6-2-1-3-7-15/h1-3,6-11,17-18,24H,4-5,12-13H2,(H,22,25). The lowest BCUT2D eigenvalue weighted by atomic mass is 10.0. The Labute approximate surface area is 151 Å². The first-order valence-electron chi connectivity index (χ1n) is 8.64. The van der Waals surface area contributed by atoms with E-state index in [0.717, 1.165) is 12.8 Å². The van der Waals surface area contributed by atoms with E-state index >= 15 is 0 Å². The Bertz CT molecular complexity index is 758. The van der Waals surface area contributed by atoms with Crippen molar-refractivity contribution in [3.05, 3.63) is 71.5 Å². The second kappa shape index (κ2) is 8.10. The maximum absolute atomic E-state index is 13.2. The van der Waals surface area contributed by atoms with Gasteiger partial charge in [-0.1, -0.05) is 30.3 Å². The lowest BCUT2D eigenvalue weighted by molar-refractivity contribution is -0.135. The van der Waals surface area contributed by atoms with Crippen LogP contribution in [-0.4, -0.2) is 41.0 Å². The summed E-state index contributed by atoms with van der Waals surface area (Å²) in [5, 5.41) is 13.4. The van der Waals surface area contributed by atoms with Gasteiger partial charge in [0.1, 0.15) is 18.0 Å². The van der Waals surface area contributed by atoms with Gasteiger partial charge in [-0.25, -0.2) is 4.39 Å². The molecule has 2 amide bonds. The van der Waals surface area contributed by atoms with E-state index in [1.165, 1.54) is 24.3 Å². The third-order valence-electron chi connectivity index (χ3n) is 4.53. The highest BCUT2D eigenvalue weighted by Crippen LogP contribution is 2.21. The molecule has 2 unspecified atom stereocenters. The van der Waals surface area contributed by atoms with E-state index in [-0.39, 0.29) is 5.91 Å². The molecule has 2 aromatic rings. The molecule has 1 fully saturated rings. The summed E-state index contributed by atoms with van der Waals surface area (Å²) in [7, 11) is 0. The van der Waals surface area contributed by atoms with Crippen molar-refractivity contribution in [2.24, 2.45) is 0 Å². The zero-order valence-electron chi connectivity index (χ0n) is 14.3. The number of benzene rings is 2. The van der Waals surface area contributed by atoms with Crippen molar-refractivity contribution in [3.63, 3.8) is 0 Å². The van der Waals surface area contributed by atoms with Crippen molar-refractivity contribution in [3.8, 4) is 0 Å². The predicted octanol–water partition coefficient (Wildman–Crippen LogP) is 2.28. The molecule has 0 spiro atoms. The summed E-state index contributed by atoms with van der Waals surface area (Å²) in [6.45, 7) is 1.21. The van der Waals surface area contributed by atoms with Crippen LogP contribution in [-0.2, 0) is 4.79 Å². The number of rotatable bonds is 5. The van der Waals surface area contributed by atoms with Crippen LogP contribution >= 0.6 is 0 Å². The second-order valence-corrected chi connectivity index (χ2v) is 6.35. The monoisotopic (exact) mass is 356 g/mol. The van der Waals surface area contributed by atoms with Gasteiger partial charge in [0.25, 0.3) is 5.91 Å². The van der Waals surface area contributed by atoms with Gasteiger partial charge in [0.05, 0.1) is 0 Å². The molecule has 2 atom stereocenters. The van der Waals surface area contributed by atoms with E-state index < -0.39 is 23.9 Å². The number of carbonyl (C=O) groups excluding carboxylic acids is 2. The minimum Gasteiger partial charge on any atom is -0.386 e. The summed E-state index contributed by atoms with van der Waals surface area (Å²) in [5.74, 6) is -1.20. The second-order valence-electron chi connectivity index (χ2n) is 6.35. The van der Waals surface area contributed by atoms with Crippen molar-refractivity contribution in [2.45, 2.75) is 25.0 Å². The van der Waals surface area contributed by atoms with Crippen LogP contribution < -0.4 is 5.32 Å². The highest BCUT2D eigenvalue weighted by Gasteiger charge is 2.34. The zero-order chi connectivity index (χ0) is 18.5. The maximum atomic E-state index is 13.2. The fourth-order valence-electron chi connectivity index (χ4n) is 3.08. The van der Waals surface area contributed by atoms with Crippen molar-refractivity contribution in [1.82, 2.24) is 10.2 Å². The molecule has 0 aliphatic carbocycles. The lowest BCUT2D eigenvalue weighted by Crippen LogP contribution is -2.51. The average Bonchev–Trinajstić information content (AvgIpc) is 3.21. The molecule has 2 N–H and O–H groups in total. The third-order valence-corrected chi connectivity index (χ3v) is 4.53. The SMILES string of the molecule is O=C(NC(C(=O)N1CCCC1)C(O)c1ccc(F)cc1)c1ccccc1. The van der Waals surface area contributed by atoms with Crippen LogP contribution in [0.5, 0.6) is 0 Å². The van der Waals surface area contributed by atoms with Crippen LogP contribution in [0.3, 0.4) is 0 Å². The fourth-order valence-corrected chi connectivity index (χ4v) is 3.08. The van der Waals surface area contributed by atoms with Gasteiger partial charge < -0.3 is 15.3 Å². The highest BCUT2D eigenvalue weighted by molar-refractivity contribution is 5.97. The molecule has 1 aliphatic rings. The molecule has 0 aromatic heterocycles. The highest BCUT2D eigenvalue weighted by atomic mass is 19.1. The predicted molar refractivity (Wildman–Crippen MR) is 94.9 cm³/mol. The van der Waals surface area contributed by atoms with Crippen molar-refractivity contribution < 1.29 is 19.1 Å². The largest absolute Gasteiger partial charge is 0.386 e. The van der Waals surface area contributed by atoms with Gasteiger partial charge in [-0.3, -0.25) is 9.59 Å². The number of nitrogens with one attached hydrogen (secondary N) is 1. The van der Waals surface area contributed by atoms with Crippen molar-refractivity contribution in [2.75, 3.05) is 13.1 Å². The first-order valence-corrected chi connectivity index (χ1v) is 8.64. The first kappa shape index (κ1) is 18.1. The van der Waals surface area contributed by atoms with Gasteiger partial charge in [-0.2, -0.15) is 0 Å². The molecule has 26 heavy (non-hydrogen) atoms. The number of hydrogen-bond acceptors (Lipinski definition) is 3. The maximum Gasteiger partial charge on any atom is 0.252 e. The van der Waals surface area contributed by atoms with Crippen LogP contribution in [0.25, 0.3) is 0 Å². The van der Waals surface area contributed by atoms with Crippen LogP contribution in [0.2, 0.25) is 0 Å². The molecule has 6 heteroatoms. The zero-order valence-corrected chi connectivity index (χ0v) is 14.3. The number of nitrogens with zero attached hydrogens (tertiary/aromatic N) is 1. The number of hydrogen-bond donors (Lipinski definition) is 2. The van der Waals surface area contributed by atoms with Crippen molar-refractivity contribution >= 4 is 11.8 Å². The smallest absolute Gasteiger partial charge is 0.252 e. The van der Waals surface area contributed by atoms with Gasteiger partial charge >= 0.3 is 0 Å². The van der Waals surface area contributed by atoms with E-state index in [9.17, 15) is 19.1 Å². The Kier molecular flexibility index (Phi) is 5.63. The lowest BCUT2D eigenvalue weighted by Gasteiger charge is -2.28. The molecule has 1 heterocycles. The van der Waals surface area contributed by atoms with Crippen LogP contribution in [0.15, 0.2) is 54.6 Å². The summed E-state index contributed by atoms with van der Waals surface area (Å²) in [6, 6.07) is 12.6. The van der Waals surface area contributed by atoms with Gasteiger partial charge in [0.2, 0.25) is 5.91 Å². The summed E-state index contributed by atoms with van der Waals surface area (Å²) in [6.07, 6.45) is 0.534. The number of halogens is 1. The van der Waals surface area contributed by atoms with E-state index in [1.807, 2.05) is 0 Å². The Morgan fingerprint density at radius 2 is 1.62 bits per heavy atom. The van der Waals surface area contributed by atoms with Crippen LogP contribution in [0.1, 0.15) is 34.9 Å². The first-order chi connectivity index (χ1) is 12.6. The Morgan fingerprint density at radius 1 is 1.00 bits per heavy atom. The summed E-state index contributed by atoms with van der Waals surface area (Å²) in [4.78, 5) is 27.0. The topological polar surface area (TPSA) is 69.6 Å². The minimum atomic E-state index is -1.27. The molecule has 2 aromatic carbocycles. The van der Waals surface area contributed by atoms with E-state index in [4.69, 9.17) is 0 Å². The molecule has 0 radical (unpaired) electrons. The molecule has 3 rings (SSSR count). The summed E-state index contributed by atoms with van der Waals surface area (Å²) in [5.41, 5.74) is 0.773. The molecule has 136 valence electrons. The minimum absolute atomic E-state index is 0.330. The summed E-state index contributed by atoms with van der Waals surface area (Å²) < 4.78 is 13.2. The van der Waals surface area contributed by atoms with Crippen LogP contribution in [0.4, 0.5) is 4.39 Å². The number of carbonyl (C=O) groups is 2. The van der Waals surface area contributed by atoms with Crippen LogP contribution in [0, 0.1) is 5.82 Å². The molecule has 1 saturated heterocycles. The van der Waals surface area contributed by atoms with Gasteiger partial charge in [-0.15, -0.1) is 0 Å². The molecule has 5 nitrogen and oxygen atoms in total. The molecule has 0 saturated carbocycles. The average molecular weight is 356 g/mol. The van der Waals surface area contributed by atoms with Gasteiger partial charge in [0, 0.05) is 18.7 Å².